The van der Waals surface area contributed by atoms with E-state index in [9.17, 15) is 4.79 Å². The lowest BCUT2D eigenvalue weighted by molar-refractivity contribution is -0.113. The second kappa shape index (κ2) is 9.40. The highest BCUT2D eigenvalue weighted by atomic mass is 35.5. The molecule has 9 heteroatoms. The summed E-state index contributed by atoms with van der Waals surface area (Å²) >= 11 is 7.59. The third-order valence-electron chi connectivity index (χ3n) is 5.48. The Labute approximate surface area is 206 Å². The zero-order valence-electron chi connectivity index (χ0n) is 18.5. The number of fused-ring (bicyclic) bond motifs is 1. The fraction of sp³-hybridized carbons (Fsp3) is 0.160. The minimum absolute atomic E-state index is 0.128. The zero-order valence-corrected chi connectivity index (χ0v) is 20.1. The van der Waals surface area contributed by atoms with E-state index in [4.69, 9.17) is 21.1 Å². The van der Waals surface area contributed by atoms with Crippen molar-refractivity contribution >= 4 is 35.0 Å². The smallest absolute Gasteiger partial charge is 0.234 e. The van der Waals surface area contributed by atoms with Gasteiger partial charge >= 0.3 is 0 Å². The third kappa shape index (κ3) is 4.47. The molecule has 2 heterocycles. The molecule has 1 amide bonds. The topological polar surface area (TPSA) is 78.3 Å². The molecule has 34 heavy (non-hydrogen) atoms. The number of benzene rings is 3. The molecule has 172 valence electrons. The van der Waals surface area contributed by atoms with Gasteiger partial charge in [-0.05, 0) is 37.1 Å². The van der Waals surface area contributed by atoms with Gasteiger partial charge < -0.3 is 14.8 Å². The van der Waals surface area contributed by atoms with Gasteiger partial charge in [0.05, 0.1) is 22.2 Å². The van der Waals surface area contributed by atoms with E-state index in [-0.39, 0.29) is 18.5 Å². The van der Waals surface area contributed by atoms with Crippen LogP contribution in [0.2, 0.25) is 5.02 Å². The molecule has 1 aromatic heterocycles. The van der Waals surface area contributed by atoms with Crippen LogP contribution < -0.4 is 14.8 Å². The molecule has 4 aromatic rings. The predicted octanol–water partition coefficient (Wildman–Crippen LogP) is 5.66. The largest absolute Gasteiger partial charge is 0.454 e. The second-order valence-corrected chi connectivity index (χ2v) is 9.15. The summed E-state index contributed by atoms with van der Waals surface area (Å²) in [5, 5.41) is 12.7. The van der Waals surface area contributed by atoms with Crippen LogP contribution in [-0.2, 0) is 4.79 Å². The molecule has 0 spiro atoms. The quantitative estimate of drug-likeness (QED) is 0.350. The fourth-order valence-electron chi connectivity index (χ4n) is 3.56. The number of amides is 1. The van der Waals surface area contributed by atoms with E-state index in [1.54, 1.807) is 12.1 Å². The van der Waals surface area contributed by atoms with E-state index in [0.29, 0.717) is 33.2 Å². The van der Waals surface area contributed by atoms with E-state index < -0.39 is 0 Å². The number of nitrogens with zero attached hydrogens (tertiary/aromatic N) is 3. The summed E-state index contributed by atoms with van der Waals surface area (Å²) in [5.74, 6) is 1.73. The van der Waals surface area contributed by atoms with Gasteiger partial charge in [0.1, 0.15) is 0 Å². The van der Waals surface area contributed by atoms with Gasteiger partial charge in [0, 0.05) is 17.7 Å². The van der Waals surface area contributed by atoms with Gasteiger partial charge in [-0.2, -0.15) is 0 Å². The molecule has 0 atom stereocenters. The van der Waals surface area contributed by atoms with Crippen LogP contribution in [0.4, 0.5) is 5.69 Å². The van der Waals surface area contributed by atoms with E-state index in [1.807, 2.05) is 41.0 Å². The first kappa shape index (κ1) is 22.3. The highest BCUT2D eigenvalue weighted by Crippen LogP contribution is 2.39. The van der Waals surface area contributed by atoms with Crippen molar-refractivity contribution in [3.8, 4) is 28.6 Å². The van der Waals surface area contributed by atoms with Crippen LogP contribution in [0.1, 0.15) is 11.1 Å². The van der Waals surface area contributed by atoms with Crippen LogP contribution in [0.3, 0.4) is 0 Å². The number of hydrogen-bond donors (Lipinski definition) is 1. The number of aryl methyl sites for hydroxylation is 2. The number of thioether (sulfide) groups is 1. The molecule has 1 aliphatic rings. The number of carbonyl (C=O) groups excluding carboxylic acids is 1. The van der Waals surface area contributed by atoms with E-state index in [1.165, 1.54) is 17.3 Å². The molecule has 3 aromatic carbocycles. The average Bonchev–Trinajstić information content (AvgIpc) is 3.47. The maximum absolute atomic E-state index is 12.7. The van der Waals surface area contributed by atoms with Gasteiger partial charge in [0.25, 0.3) is 0 Å². The monoisotopic (exact) mass is 492 g/mol. The number of rotatable bonds is 6. The summed E-state index contributed by atoms with van der Waals surface area (Å²) in [6.07, 6.45) is 0. The van der Waals surface area contributed by atoms with Crippen LogP contribution in [0.25, 0.3) is 17.1 Å². The maximum Gasteiger partial charge on any atom is 0.234 e. The molecule has 0 aliphatic carbocycles. The molecule has 0 fully saturated rings. The van der Waals surface area contributed by atoms with Gasteiger partial charge in [-0.1, -0.05) is 59.8 Å². The van der Waals surface area contributed by atoms with E-state index in [0.717, 1.165) is 16.8 Å². The molecule has 0 radical (unpaired) electrons. The number of halogens is 1. The number of aromatic nitrogens is 3. The van der Waals surface area contributed by atoms with Crippen molar-refractivity contribution < 1.29 is 14.3 Å². The first-order valence-electron chi connectivity index (χ1n) is 10.6. The Bertz CT molecular complexity index is 1370. The van der Waals surface area contributed by atoms with Crippen LogP contribution in [-0.4, -0.2) is 33.2 Å². The highest BCUT2D eigenvalue weighted by molar-refractivity contribution is 7.99. The molecular formula is C25H21ClN4O3S. The van der Waals surface area contributed by atoms with Gasteiger partial charge in [-0.25, -0.2) is 0 Å². The number of anilines is 1. The van der Waals surface area contributed by atoms with Crippen molar-refractivity contribution in [2.75, 3.05) is 17.9 Å². The molecule has 7 nitrogen and oxygen atoms in total. The summed E-state index contributed by atoms with van der Waals surface area (Å²) in [6.45, 7) is 4.28. The lowest BCUT2D eigenvalue weighted by atomic mass is 10.1. The molecular weight excluding hydrogens is 472 g/mol. The Morgan fingerprint density at radius 3 is 2.56 bits per heavy atom. The summed E-state index contributed by atoms with van der Waals surface area (Å²) < 4.78 is 12.7. The second-order valence-electron chi connectivity index (χ2n) is 7.80. The van der Waals surface area contributed by atoms with Gasteiger partial charge in [0.2, 0.25) is 12.7 Å². The summed E-state index contributed by atoms with van der Waals surface area (Å²) in [4.78, 5) is 12.7. The molecule has 0 saturated heterocycles. The maximum atomic E-state index is 12.7. The Morgan fingerprint density at radius 1 is 1.03 bits per heavy atom. The lowest BCUT2D eigenvalue weighted by Crippen LogP contribution is -2.15. The van der Waals surface area contributed by atoms with Crippen LogP contribution in [0.5, 0.6) is 11.5 Å². The van der Waals surface area contributed by atoms with Crippen molar-refractivity contribution in [2.45, 2.75) is 19.0 Å². The van der Waals surface area contributed by atoms with Crippen LogP contribution in [0.15, 0.2) is 65.8 Å². The number of carbonyl (C=O) groups is 1. The van der Waals surface area contributed by atoms with Gasteiger partial charge in [-0.15, -0.1) is 10.2 Å². The summed E-state index contributed by atoms with van der Waals surface area (Å²) in [7, 11) is 0. The first-order chi connectivity index (χ1) is 16.5. The average molecular weight is 493 g/mol. The minimum Gasteiger partial charge on any atom is -0.454 e. The van der Waals surface area contributed by atoms with Crippen molar-refractivity contribution in [3.63, 3.8) is 0 Å². The number of nitrogens with one attached hydrogen (secondary N) is 1. The van der Waals surface area contributed by atoms with Gasteiger partial charge in [-0.3, -0.25) is 9.36 Å². The molecule has 1 N–H and O–H groups in total. The lowest BCUT2D eigenvalue weighted by Gasteiger charge is -2.12. The fourth-order valence-corrected chi connectivity index (χ4v) is 4.52. The van der Waals surface area contributed by atoms with Crippen LogP contribution >= 0.6 is 23.4 Å². The highest BCUT2D eigenvalue weighted by Gasteiger charge is 2.20. The van der Waals surface area contributed by atoms with E-state index >= 15 is 0 Å². The number of ether oxygens (including phenoxy) is 2. The normalized spacial score (nSPS) is 12.1. The predicted molar refractivity (Wildman–Crippen MR) is 133 cm³/mol. The molecule has 0 bridgehead atoms. The standard InChI is InChI=1S/C25H21ClN4O3S/c1-15-8-9-18(10-16(15)2)30-24(17-6-4-3-5-7-17)28-29-25(30)34-13-23(31)27-20-12-22-21(11-19(20)26)32-14-33-22/h3-12H,13-14H2,1-2H3,(H,27,31). The zero-order chi connectivity index (χ0) is 23.7. The summed E-state index contributed by atoms with van der Waals surface area (Å²) in [6, 6.07) is 19.4. The van der Waals surface area contributed by atoms with Crippen molar-refractivity contribution in [1.29, 1.82) is 0 Å². The van der Waals surface area contributed by atoms with E-state index in [2.05, 4.69) is 41.5 Å². The number of hydrogen-bond acceptors (Lipinski definition) is 6. The van der Waals surface area contributed by atoms with Crippen LogP contribution in [0, 0.1) is 13.8 Å². The molecule has 1 aliphatic heterocycles. The third-order valence-corrected chi connectivity index (χ3v) is 6.72. The Kier molecular flexibility index (Phi) is 6.17. The minimum atomic E-state index is -0.221. The molecule has 0 unspecified atom stereocenters. The molecule has 0 saturated carbocycles. The Morgan fingerprint density at radius 2 is 1.79 bits per heavy atom. The summed E-state index contributed by atoms with van der Waals surface area (Å²) in [5.41, 5.74) is 4.71. The molecule has 5 rings (SSSR count). The Hall–Kier alpha value is -3.49. The van der Waals surface area contributed by atoms with Crippen molar-refractivity contribution in [3.05, 3.63) is 76.8 Å². The van der Waals surface area contributed by atoms with Crippen molar-refractivity contribution in [2.24, 2.45) is 0 Å². The Balaban J connectivity index is 1.40. The van der Waals surface area contributed by atoms with Crippen molar-refractivity contribution in [1.82, 2.24) is 14.8 Å². The first-order valence-corrected chi connectivity index (χ1v) is 12.0. The van der Waals surface area contributed by atoms with Gasteiger partial charge in [0.15, 0.2) is 22.5 Å². The SMILES string of the molecule is Cc1ccc(-n2c(SCC(=O)Nc3cc4c(cc3Cl)OCO4)nnc2-c2ccccc2)cc1C.